The predicted octanol–water partition coefficient (Wildman–Crippen LogP) is 4.83. The number of likely N-dealkylation sites (N-methyl/N-ethyl adjacent to an activating group) is 1. The van der Waals surface area contributed by atoms with Gasteiger partial charge < -0.3 is 29.2 Å². The van der Waals surface area contributed by atoms with Gasteiger partial charge in [-0.1, -0.05) is 6.07 Å². The van der Waals surface area contributed by atoms with Crippen molar-refractivity contribution in [2.75, 3.05) is 44.1 Å². The number of benzene rings is 2. The van der Waals surface area contributed by atoms with Crippen LogP contribution in [0.1, 0.15) is 24.5 Å². The summed E-state index contributed by atoms with van der Waals surface area (Å²) >= 11 is 0. The number of imidazole rings is 1. The Hall–Kier alpha value is -5.61. The number of carbonyl (C=O) groups excluding carboxylic acids is 1. The second-order valence-electron chi connectivity index (χ2n) is 14.2. The molecule has 2 aromatic carbocycles. The van der Waals surface area contributed by atoms with Gasteiger partial charge >= 0.3 is 0 Å². The Morgan fingerprint density at radius 3 is 2.63 bits per heavy atom. The van der Waals surface area contributed by atoms with Crippen molar-refractivity contribution in [2.45, 2.75) is 57.0 Å². The Bertz CT molecular complexity index is 2430. The fourth-order valence-corrected chi connectivity index (χ4v) is 7.84. The number of hydrogen-bond donors (Lipinski definition) is 1. The molecular formula is C38H37F3N10O3. The zero-order valence-corrected chi connectivity index (χ0v) is 29.8. The number of carbonyl (C=O) groups is 1. The number of halogens is 3. The van der Waals surface area contributed by atoms with E-state index in [4.69, 9.17) is 24.4 Å². The van der Waals surface area contributed by atoms with Crippen LogP contribution in [0, 0.1) is 24.4 Å². The maximum atomic E-state index is 15.1. The van der Waals surface area contributed by atoms with Gasteiger partial charge in [0.1, 0.15) is 46.6 Å². The van der Waals surface area contributed by atoms with Crippen LogP contribution in [0.15, 0.2) is 54.7 Å². The molecule has 13 nitrogen and oxygen atoms in total. The predicted molar refractivity (Wildman–Crippen MR) is 194 cm³/mol. The van der Waals surface area contributed by atoms with Crippen molar-refractivity contribution in [3.05, 3.63) is 83.8 Å². The van der Waals surface area contributed by atoms with E-state index < -0.39 is 29.6 Å². The average Bonchev–Trinajstić information content (AvgIpc) is 3.83. The molecule has 0 aliphatic carbocycles. The van der Waals surface area contributed by atoms with Gasteiger partial charge in [-0.25, -0.2) is 37.8 Å². The number of aryl methyl sites for hydroxylation is 1. The number of hydrogen-bond acceptors (Lipinski definition) is 10. The molecule has 2 saturated heterocycles. The lowest BCUT2D eigenvalue weighted by Crippen LogP contribution is -2.47. The van der Waals surface area contributed by atoms with E-state index in [1.165, 1.54) is 28.9 Å². The first-order valence-electron chi connectivity index (χ1n) is 17.9. The number of pyridine rings is 1. The maximum Gasteiger partial charge on any atom is 0.245 e. The highest BCUT2D eigenvalue weighted by atomic mass is 19.1. The van der Waals surface area contributed by atoms with Crippen molar-refractivity contribution in [1.29, 1.82) is 0 Å². The van der Waals surface area contributed by atoms with Crippen molar-refractivity contribution >= 4 is 39.6 Å². The van der Waals surface area contributed by atoms with E-state index in [1.807, 2.05) is 34.6 Å². The molecule has 2 fully saturated rings. The highest BCUT2D eigenvalue weighted by Gasteiger charge is 2.41. The van der Waals surface area contributed by atoms with E-state index in [9.17, 15) is 9.18 Å². The van der Waals surface area contributed by atoms with Crippen LogP contribution in [0.25, 0.3) is 39.0 Å². The molecule has 9 rings (SSSR count). The summed E-state index contributed by atoms with van der Waals surface area (Å²) < 4.78 is 59.1. The normalized spacial score (nSPS) is 21.6. The van der Waals surface area contributed by atoms with E-state index in [-0.39, 0.29) is 30.3 Å². The lowest BCUT2D eigenvalue weighted by atomic mass is 10.1. The first-order valence-corrected chi connectivity index (χ1v) is 17.9. The summed E-state index contributed by atoms with van der Waals surface area (Å²) in [5.41, 5.74) is 2.74. The fourth-order valence-electron chi connectivity index (χ4n) is 7.84. The van der Waals surface area contributed by atoms with E-state index in [1.54, 1.807) is 25.3 Å². The van der Waals surface area contributed by atoms with Gasteiger partial charge in [0.25, 0.3) is 0 Å². The summed E-state index contributed by atoms with van der Waals surface area (Å²) in [6.45, 7) is 3.46. The number of nitrogens with one attached hydrogen (secondary N) is 1. The number of rotatable bonds is 5. The second kappa shape index (κ2) is 13.4. The third-order valence-electron chi connectivity index (χ3n) is 10.6. The number of ether oxygens (including phenoxy) is 2. The van der Waals surface area contributed by atoms with E-state index >= 15 is 8.78 Å². The summed E-state index contributed by atoms with van der Waals surface area (Å²) in [6, 6.07) is 10.8. The van der Waals surface area contributed by atoms with Crippen LogP contribution < -0.4 is 10.2 Å². The van der Waals surface area contributed by atoms with Crippen LogP contribution in [0.4, 0.5) is 24.8 Å². The van der Waals surface area contributed by atoms with Crippen LogP contribution in [0.3, 0.4) is 0 Å². The second-order valence-corrected chi connectivity index (χ2v) is 14.2. The van der Waals surface area contributed by atoms with Gasteiger partial charge in [0, 0.05) is 64.0 Å². The van der Waals surface area contributed by atoms with Crippen LogP contribution in [0.2, 0.25) is 0 Å². The van der Waals surface area contributed by atoms with E-state index in [2.05, 4.69) is 15.4 Å². The Morgan fingerprint density at radius 1 is 1.00 bits per heavy atom. The number of anilines is 2. The van der Waals surface area contributed by atoms with Crippen LogP contribution in [-0.4, -0.2) is 103 Å². The minimum absolute atomic E-state index is 0.0279. The highest BCUT2D eigenvalue weighted by molar-refractivity contribution is 5.94. The van der Waals surface area contributed by atoms with E-state index in [0.29, 0.717) is 83.6 Å². The zero-order chi connectivity index (χ0) is 37.2. The Morgan fingerprint density at radius 2 is 1.85 bits per heavy atom. The van der Waals surface area contributed by atoms with Gasteiger partial charge in [0.15, 0.2) is 11.5 Å². The third kappa shape index (κ3) is 5.98. The van der Waals surface area contributed by atoms with Gasteiger partial charge in [0.2, 0.25) is 5.91 Å². The van der Waals surface area contributed by atoms with Gasteiger partial charge in [-0.2, -0.15) is 5.10 Å². The molecule has 1 unspecified atom stereocenters. The quantitative estimate of drug-likeness (QED) is 0.263. The van der Waals surface area contributed by atoms with Gasteiger partial charge in [0.05, 0.1) is 47.1 Å². The van der Waals surface area contributed by atoms with Crippen molar-refractivity contribution < 1.29 is 27.4 Å². The molecule has 4 atom stereocenters. The lowest BCUT2D eigenvalue weighted by Gasteiger charge is -2.31. The third-order valence-corrected chi connectivity index (χ3v) is 10.6. The van der Waals surface area contributed by atoms with Crippen molar-refractivity contribution in [2.24, 2.45) is 0 Å². The minimum Gasteiger partial charge on any atom is -0.378 e. The lowest BCUT2D eigenvalue weighted by molar-refractivity contribution is -0.132. The molecule has 1 amide bonds. The molecule has 16 heteroatoms. The van der Waals surface area contributed by atoms with E-state index in [0.717, 1.165) is 18.0 Å². The van der Waals surface area contributed by atoms with Crippen molar-refractivity contribution in [3.8, 4) is 16.9 Å². The molecule has 0 radical (unpaired) electrons. The maximum absolute atomic E-state index is 15.1. The number of aromatic nitrogens is 7. The highest BCUT2D eigenvalue weighted by Crippen LogP contribution is 2.36. The van der Waals surface area contributed by atoms with Crippen LogP contribution in [0.5, 0.6) is 0 Å². The van der Waals surface area contributed by atoms with Crippen LogP contribution in [-0.2, 0) is 27.2 Å². The number of amides is 1. The molecule has 6 aromatic rings. The fraction of sp³-hybridized carbons (Fsp3) is 0.368. The molecule has 0 spiro atoms. The van der Waals surface area contributed by atoms with Gasteiger partial charge in [-0.05, 0) is 50.1 Å². The molecule has 1 N–H and O–H groups in total. The summed E-state index contributed by atoms with van der Waals surface area (Å²) in [5.74, 6) is 0.0637. The first kappa shape index (κ1) is 34.2. The number of methoxy groups -OCH3 is 1. The molecule has 7 heterocycles. The summed E-state index contributed by atoms with van der Waals surface area (Å²) in [5, 5.41) is 8.52. The van der Waals surface area contributed by atoms with Crippen LogP contribution >= 0.6 is 0 Å². The monoisotopic (exact) mass is 738 g/mol. The summed E-state index contributed by atoms with van der Waals surface area (Å²) in [6.07, 6.45) is 2.68. The standard InChI is InChI=1S/C38H37F3N10O3/c1-20-43-30-13-22(40)11-26-29-5-4-6-33(45-29)44-23-14-32(38(52)48(2)18-25(53-3)19-49(20)35(26)30)50(17-23)36-27-16-42-51(31-8-7-21(39)12-28(31)41)37(27)47-34(46-36)15-24-9-10-54-24/h4-8,11-13,16,23-25,32H,9-10,14-15,17-19H2,1-3H3,(H,44,45)/t23-,24?,25-,32-/m0/s1. The van der Waals surface area contributed by atoms with Crippen molar-refractivity contribution in [1.82, 2.24) is 39.2 Å². The first-order chi connectivity index (χ1) is 26.1. The molecule has 4 aromatic heterocycles. The number of fused-ring (bicyclic) bond motifs is 6. The topological polar surface area (TPSA) is 128 Å². The summed E-state index contributed by atoms with van der Waals surface area (Å²) in [4.78, 5) is 37.7. The Balaban J connectivity index is 1.16. The Kier molecular flexibility index (Phi) is 8.45. The molecule has 3 aliphatic rings. The van der Waals surface area contributed by atoms with Gasteiger partial charge in [-0.3, -0.25) is 4.79 Å². The largest absolute Gasteiger partial charge is 0.378 e. The van der Waals surface area contributed by atoms with Crippen molar-refractivity contribution in [3.63, 3.8) is 0 Å². The molecular weight excluding hydrogens is 701 g/mol. The molecule has 3 aliphatic heterocycles. The Labute approximate surface area is 307 Å². The molecule has 278 valence electrons. The summed E-state index contributed by atoms with van der Waals surface area (Å²) in [7, 11) is 3.35. The smallest absolute Gasteiger partial charge is 0.245 e. The molecule has 54 heavy (non-hydrogen) atoms. The SMILES string of the molecule is CO[C@H]1CN(C)C(=O)[C@@H]2C[C@@H](CN2c2nc(CC3CCO3)nc3c2cnn3-c2ccc(F)cc2F)Nc2cccc(n2)-c2cc(F)cc3nc(C)n(c23)C1. The zero-order valence-electron chi connectivity index (χ0n) is 29.8. The molecule has 0 saturated carbocycles. The minimum atomic E-state index is -0.795. The number of nitrogens with zero attached hydrogens (tertiary/aromatic N) is 9. The average molecular weight is 739 g/mol. The van der Waals surface area contributed by atoms with Gasteiger partial charge in [-0.15, -0.1) is 0 Å². The molecule has 4 bridgehead atoms.